The van der Waals surface area contributed by atoms with Gasteiger partial charge in [-0.2, -0.15) is 5.10 Å². The highest BCUT2D eigenvalue weighted by Gasteiger charge is 2.15. The van der Waals surface area contributed by atoms with Gasteiger partial charge in [0.1, 0.15) is 13.2 Å². The molecule has 2 amide bonds. The van der Waals surface area contributed by atoms with Gasteiger partial charge in [-0.25, -0.2) is 5.43 Å². The van der Waals surface area contributed by atoms with Crippen molar-refractivity contribution in [1.29, 1.82) is 0 Å². The number of benzene rings is 2. The van der Waals surface area contributed by atoms with E-state index in [0.29, 0.717) is 30.3 Å². The summed E-state index contributed by atoms with van der Waals surface area (Å²) in [6.07, 6.45) is 1.52. The van der Waals surface area contributed by atoms with Crippen molar-refractivity contribution < 1.29 is 19.1 Å². The van der Waals surface area contributed by atoms with E-state index in [1.165, 1.54) is 6.21 Å². The van der Waals surface area contributed by atoms with Gasteiger partial charge in [-0.15, -0.1) is 0 Å². The lowest BCUT2D eigenvalue weighted by molar-refractivity contribution is -0.120. The third-order valence-corrected chi connectivity index (χ3v) is 3.96. The maximum atomic E-state index is 12.1. The Morgan fingerprint density at radius 1 is 1.12 bits per heavy atom. The van der Waals surface area contributed by atoms with Gasteiger partial charge in [-0.3, -0.25) is 9.59 Å². The molecule has 0 spiro atoms. The number of carbonyl (C=O) groups is 2. The molecule has 0 unspecified atom stereocenters. The summed E-state index contributed by atoms with van der Waals surface area (Å²) >= 11 is 3.36. The maximum absolute atomic E-state index is 12.1. The van der Waals surface area contributed by atoms with E-state index in [-0.39, 0.29) is 12.5 Å². The Morgan fingerprint density at radius 3 is 2.73 bits per heavy atom. The van der Waals surface area contributed by atoms with Crippen LogP contribution in [0.1, 0.15) is 15.9 Å². The van der Waals surface area contributed by atoms with Gasteiger partial charge in [0.15, 0.2) is 11.5 Å². The molecule has 2 aromatic rings. The van der Waals surface area contributed by atoms with Crippen LogP contribution in [0.3, 0.4) is 0 Å². The van der Waals surface area contributed by atoms with Crippen molar-refractivity contribution in [3.63, 3.8) is 0 Å². The molecule has 26 heavy (non-hydrogen) atoms. The molecule has 134 valence electrons. The SMILES string of the molecule is O=C(CNC(=O)c1ccc2c(c1)OCCO2)N/N=C/c1cccc(Br)c1. The Bertz CT molecular complexity index is 854. The predicted molar refractivity (Wildman–Crippen MR) is 99.6 cm³/mol. The molecule has 0 fully saturated rings. The normalized spacial score (nSPS) is 12.7. The zero-order valence-electron chi connectivity index (χ0n) is 13.7. The summed E-state index contributed by atoms with van der Waals surface area (Å²) in [5.41, 5.74) is 3.59. The molecule has 0 aliphatic carbocycles. The molecule has 0 atom stereocenters. The lowest BCUT2D eigenvalue weighted by Gasteiger charge is -2.18. The molecular formula is C18H16BrN3O4. The smallest absolute Gasteiger partial charge is 0.259 e. The van der Waals surface area contributed by atoms with E-state index in [2.05, 4.69) is 31.8 Å². The predicted octanol–water partition coefficient (Wildman–Crippen LogP) is 2.10. The number of halogens is 1. The Kier molecular flexibility index (Phi) is 5.85. The molecule has 7 nitrogen and oxygen atoms in total. The largest absolute Gasteiger partial charge is 0.486 e. The fourth-order valence-electron chi connectivity index (χ4n) is 2.25. The molecule has 1 aliphatic heterocycles. The first kappa shape index (κ1) is 17.9. The van der Waals surface area contributed by atoms with Crippen LogP contribution < -0.4 is 20.2 Å². The fourth-order valence-corrected chi connectivity index (χ4v) is 2.67. The van der Waals surface area contributed by atoms with E-state index in [0.717, 1.165) is 10.0 Å². The molecule has 2 N–H and O–H groups in total. The minimum Gasteiger partial charge on any atom is -0.486 e. The van der Waals surface area contributed by atoms with E-state index in [1.807, 2.05) is 24.3 Å². The summed E-state index contributed by atoms with van der Waals surface area (Å²) in [6, 6.07) is 12.3. The molecular weight excluding hydrogens is 402 g/mol. The van der Waals surface area contributed by atoms with E-state index in [1.54, 1.807) is 18.2 Å². The maximum Gasteiger partial charge on any atom is 0.259 e. The van der Waals surface area contributed by atoms with Gasteiger partial charge >= 0.3 is 0 Å². The molecule has 0 saturated carbocycles. The van der Waals surface area contributed by atoms with Crippen molar-refractivity contribution in [2.75, 3.05) is 19.8 Å². The van der Waals surface area contributed by atoms with Crippen LogP contribution in [-0.2, 0) is 4.79 Å². The Morgan fingerprint density at radius 2 is 1.92 bits per heavy atom. The number of carbonyl (C=O) groups excluding carboxylic acids is 2. The van der Waals surface area contributed by atoms with Crippen LogP contribution in [0.4, 0.5) is 0 Å². The summed E-state index contributed by atoms with van der Waals surface area (Å²) in [5, 5.41) is 6.39. The van der Waals surface area contributed by atoms with Crippen LogP contribution in [-0.4, -0.2) is 37.8 Å². The number of amides is 2. The highest BCUT2D eigenvalue weighted by Crippen LogP contribution is 2.30. The topological polar surface area (TPSA) is 89.0 Å². The van der Waals surface area contributed by atoms with Gasteiger partial charge < -0.3 is 14.8 Å². The van der Waals surface area contributed by atoms with Crippen molar-refractivity contribution in [2.24, 2.45) is 5.10 Å². The molecule has 8 heteroatoms. The molecule has 2 aromatic carbocycles. The number of ether oxygens (including phenoxy) is 2. The second-order valence-electron chi connectivity index (χ2n) is 5.39. The third-order valence-electron chi connectivity index (χ3n) is 3.47. The average Bonchev–Trinajstić information content (AvgIpc) is 2.66. The summed E-state index contributed by atoms with van der Waals surface area (Å²) in [5.74, 6) is 0.314. The van der Waals surface area contributed by atoms with Gasteiger partial charge in [-0.05, 0) is 35.9 Å². The van der Waals surface area contributed by atoms with Gasteiger partial charge in [0.2, 0.25) is 0 Å². The van der Waals surface area contributed by atoms with Crippen LogP contribution in [0.15, 0.2) is 52.0 Å². The van der Waals surface area contributed by atoms with Crippen LogP contribution in [0.5, 0.6) is 11.5 Å². The quantitative estimate of drug-likeness (QED) is 0.575. The highest BCUT2D eigenvalue weighted by molar-refractivity contribution is 9.10. The minimum atomic E-state index is -0.429. The van der Waals surface area contributed by atoms with E-state index in [9.17, 15) is 9.59 Å². The van der Waals surface area contributed by atoms with Crippen LogP contribution >= 0.6 is 15.9 Å². The molecule has 0 aromatic heterocycles. The number of nitrogens with zero attached hydrogens (tertiary/aromatic N) is 1. The first-order valence-electron chi connectivity index (χ1n) is 7.87. The first-order valence-corrected chi connectivity index (χ1v) is 8.66. The first-order chi connectivity index (χ1) is 12.6. The Labute approximate surface area is 158 Å². The van der Waals surface area contributed by atoms with E-state index < -0.39 is 5.91 Å². The molecule has 0 saturated heterocycles. The zero-order chi connectivity index (χ0) is 18.4. The molecule has 1 aliphatic rings. The molecule has 3 rings (SSSR count). The van der Waals surface area contributed by atoms with Crippen LogP contribution in [0, 0.1) is 0 Å². The summed E-state index contributed by atoms with van der Waals surface area (Å²) < 4.78 is 11.8. The van der Waals surface area contributed by atoms with Gasteiger partial charge in [0.05, 0.1) is 12.8 Å². The second-order valence-corrected chi connectivity index (χ2v) is 6.30. The number of hydrazone groups is 1. The fraction of sp³-hybridized carbons (Fsp3) is 0.167. The van der Waals surface area contributed by atoms with Gasteiger partial charge in [0.25, 0.3) is 11.8 Å². The molecule has 1 heterocycles. The van der Waals surface area contributed by atoms with Crippen molar-refractivity contribution in [1.82, 2.24) is 10.7 Å². The Hall–Kier alpha value is -2.87. The van der Waals surface area contributed by atoms with Crippen molar-refractivity contribution in [3.8, 4) is 11.5 Å². The van der Waals surface area contributed by atoms with Gasteiger partial charge in [-0.1, -0.05) is 28.1 Å². The lowest BCUT2D eigenvalue weighted by Crippen LogP contribution is -2.35. The number of fused-ring (bicyclic) bond motifs is 1. The number of rotatable bonds is 5. The number of hydrogen-bond acceptors (Lipinski definition) is 5. The Balaban J connectivity index is 1.49. The second kappa shape index (κ2) is 8.48. The van der Waals surface area contributed by atoms with Crippen molar-refractivity contribution in [2.45, 2.75) is 0 Å². The minimum absolute atomic E-state index is 0.191. The third kappa shape index (κ3) is 4.82. The van der Waals surface area contributed by atoms with Gasteiger partial charge in [0, 0.05) is 10.0 Å². The van der Waals surface area contributed by atoms with Crippen LogP contribution in [0.2, 0.25) is 0 Å². The molecule has 0 bridgehead atoms. The monoisotopic (exact) mass is 417 g/mol. The summed E-state index contributed by atoms with van der Waals surface area (Å²) in [7, 11) is 0. The molecule has 0 radical (unpaired) electrons. The number of hydrogen-bond donors (Lipinski definition) is 2. The zero-order valence-corrected chi connectivity index (χ0v) is 15.3. The van der Waals surface area contributed by atoms with Crippen LogP contribution in [0.25, 0.3) is 0 Å². The average molecular weight is 418 g/mol. The number of nitrogens with one attached hydrogen (secondary N) is 2. The van der Waals surface area contributed by atoms with E-state index in [4.69, 9.17) is 9.47 Å². The highest BCUT2D eigenvalue weighted by atomic mass is 79.9. The summed E-state index contributed by atoms with van der Waals surface area (Å²) in [4.78, 5) is 23.9. The standard InChI is InChI=1S/C18H16BrN3O4/c19-14-3-1-2-12(8-14)10-21-22-17(23)11-20-18(24)13-4-5-15-16(9-13)26-7-6-25-15/h1-5,8-10H,6-7,11H2,(H,20,24)(H,22,23)/b21-10+. The summed E-state index contributed by atoms with van der Waals surface area (Å²) in [6.45, 7) is 0.735. The van der Waals surface area contributed by atoms with E-state index >= 15 is 0 Å². The van der Waals surface area contributed by atoms with Crippen molar-refractivity contribution in [3.05, 3.63) is 58.1 Å². The lowest BCUT2D eigenvalue weighted by atomic mass is 10.2. The van der Waals surface area contributed by atoms with Crippen molar-refractivity contribution >= 4 is 34.0 Å².